The van der Waals surface area contributed by atoms with Crippen molar-refractivity contribution in [3.63, 3.8) is 0 Å². The number of benzene rings is 1. The maximum atomic E-state index is 12.1. The normalized spacial score (nSPS) is 16.9. The van der Waals surface area contributed by atoms with Crippen LogP contribution in [0.2, 0.25) is 0 Å². The second-order valence-electron chi connectivity index (χ2n) is 4.46. The molecule has 0 spiro atoms. The van der Waals surface area contributed by atoms with Crippen LogP contribution >= 0.6 is 11.6 Å². The van der Waals surface area contributed by atoms with Gasteiger partial charge in [0.1, 0.15) is 4.87 Å². The van der Waals surface area contributed by atoms with Crippen molar-refractivity contribution in [3.05, 3.63) is 35.9 Å². The van der Waals surface area contributed by atoms with Crippen molar-refractivity contribution in [2.75, 3.05) is 0 Å². The lowest BCUT2D eigenvalue weighted by molar-refractivity contribution is 0.0631. The number of halogens is 1. The summed E-state index contributed by atoms with van der Waals surface area (Å²) in [4.78, 5) is 10.9. The summed E-state index contributed by atoms with van der Waals surface area (Å²) in [6, 6.07) is 8.80. The zero-order valence-corrected chi connectivity index (χ0v) is 10.5. The van der Waals surface area contributed by atoms with E-state index in [9.17, 15) is 9.90 Å². The summed E-state index contributed by atoms with van der Waals surface area (Å²) in [7, 11) is 0. The number of hydrogen-bond donors (Lipinski definition) is 1. The van der Waals surface area contributed by atoms with Gasteiger partial charge in [0.05, 0.1) is 6.10 Å². The first-order chi connectivity index (χ1) is 7.37. The molecule has 3 heteroatoms. The fourth-order valence-electron chi connectivity index (χ4n) is 1.63. The Bertz CT molecular complexity index is 357. The Labute approximate surface area is 101 Å². The molecule has 0 radical (unpaired) electrons. The Balaban J connectivity index is 2.97. The molecule has 2 atom stereocenters. The van der Waals surface area contributed by atoms with Crippen molar-refractivity contribution in [3.8, 4) is 0 Å². The summed E-state index contributed by atoms with van der Waals surface area (Å²) in [5.74, 6) is -0.300. The van der Waals surface area contributed by atoms with Crippen LogP contribution in [0.15, 0.2) is 30.3 Å². The first kappa shape index (κ1) is 13.2. The van der Waals surface area contributed by atoms with E-state index in [1.54, 1.807) is 31.2 Å². The van der Waals surface area contributed by atoms with Crippen LogP contribution in [0.5, 0.6) is 0 Å². The maximum Gasteiger partial charge on any atom is 0.186 e. The van der Waals surface area contributed by atoms with Crippen LogP contribution in [-0.4, -0.2) is 21.9 Å². The highest BCUT2D eigenvalue weighted by atomic mass is 35.5. The Morgan fingerprint density at radius 3 is 2.25 bits per heavy atom. The van der Waals surface area contributed by atoms with Crippen molar-refractivity contribution >= 4 is 17.4 Å². The molecule has 0 saturated carbocycles. The van der Waals surface area contributed by atoms with E-state index in [1.807, 2.05) is 19.9 Å². The Hall–Kier alpha value is -0.860. The molecule has 0 fully saturated rings. The number of Topliss-reactive ketones (excluding diaryl/α,β-unsaturated/α-hetero) is 1. The third kappa shape index (κ3) is 2.63. The molecule has 0 aliphatic rings. The van der Waals surface area contributed by atoms with Gasteiger partial charge in [-0.1, -0.05) is 44.2 Å². The second kappa shape index (κ2) is 4.98. The molecule has 1 N–H and O–H groups in total. The summed E-state index contributed by atoms with van der Waals surface area (Å²) in [6.07, 6.45) is -0.859. The fourth-order valence-corrected chi connectivity index (χ4v) is 1.99. The molecule has 0 amide bonds. The molecular weight excluding hydrogens is 224 g/mol. The first-order valence-electron chi connectivity index (χ1n) is 5.34. The molecule has 0 heterocycles. The fraction of sp³-hybridized carbons (Fsp3) is 0.462. The predicted octanol–water partition coefficient (Wildman–Crippen LogP) is 2.88. The molecule has 0 bridgehead atoms. The molecule has 1 aromatic rings. The molecule has 1 aromatic carbocycles. The lowest BCUT2D eigenvalue weighted by Gasteiger charge is -2.29. The van der Waals surface area contributed by atoms with Crippen LogP contribution in [0, 0.1) is 5.92 Å². The highest BCUT2D eigenvalue weighted by molar-refractivity contribution is 6.38. The first-order valence-corrected chi connectivity index (χ1v) is 5.72. The number of aliphatic hydroxyl groups is 1. The van der Waals surface area contributed by atoms with Crippen molar-refractivity contribution in [1.82, 2.24) is 0 Å². The van der Waals surface area contributed by atoms with Crippen LogP contribution in [0.25, 0.3) is 0 Å². The molecule has 2 nitrogen and oxygen atoms in total. The van der Waals surface area contributed by atoms with Gasteiger partial charge in [-0.2, -0.15) is 0 Å². The topological polar surface area (TPSA) is 37.3 Å². The lowest BCUT2D eigenvalue weighted by Crippen LogP contribution is -2.44. The van der Waals surface area contributed by atoms with Gasteiger partial charge in [0.15, 0.2) is 5.78 Å². The van der Waals surface area contributed by atoms with E-state index in [0.29, 0.717) is 5.56 Å². The summed E-state index contributed by atoms with van der Waals surface area (Å²) in [6.45, 7) is 5.24. The van der Waals surface area contributed by atoms with E-state index in [0.717, 1.165) is 0 Å². The standard InChI is InChI=1S/C13H17ClO2/c1-9(2)11(15)13(3,14)12(16)10-7-5-4-6-8-10/h4-9,11,15H,1-3H3/t11-,13+/m1/s1. The van der Waals surface area contributed by atoms with E-state index in [-0.39, 0.29) is 11.7 Å². The predicted molar refractivity (Wildman–Crippen MR) is 65.9 cm³/mol. The molecule has 0 aromatic heterocycles. The van der Waals surface area contributed by atoms with Crippen molar-refractivity contribution < 1.29 is 9.90 Å². The molecule has 16 heavy (non-hydrogen) atoms. The van der Waals surface area contributed by atoms with Crippen LogP contribution in [0.1, 0.15) is 31.1 Å². The van der Waals surface area contributed by atoms with Gasteiger partial charge in [-0.3, -0.25) is 4.79 Å². The summed E-state index contributed by atoms with van der Waals surface area (Å²) in [5, 5.41) is 9.93. The number of carbonyl (C=O) groups excluding carboxylic acids is 1. The van der Waals surface area contributed by atoms with Crippen LogP contribution in [-0.2, 0) is 0 Å². The third-order valence-electron chi connectivity index (χ3n) is 2.67. The number of rotatable bonds is 4. The number of alkyl halides is 1. The van der Waals surface area contributed by atoms with Gasteiger partial charge in [0.2, 0.25) is 0 Å². The second-order valence-corrected chi connectivity index (χ2v) is 5.24. The number of carbonyl (C=O) groups is 1. The Kier molecular flexibility index (Phi) is 4.11. The van der Waals surface area contributed by atoms with Crippen molar-refractivity contribution in [2.45, 2.75) is 31.7 Å². The summed E-state index contributed by atoms with van der Waals surface area (Å²) in [5.41, 5.74) is 0.528. The average Bonchev–Trinajstić information content (AvgIpc) is 2.28. The molecule has 0 saturated heterocycles. The van der Waals surface area contributed by atoms with Gasteiger partial charge in [-0.25, -0.2) is 0 Å². The van der Waals surface area contributed by atoms with E-state index in [2.05, 4.69) is 0 Å². The Morgan fingerprint density at radius 2 is 1.81 bits per heavy atom. The minimum Gasteiger partial charge on any atom is -0.391 e. The zero-order chi connectivity index (χ0) is 12.3. The smallest absolute Gasteiger partial charge is 0.186 e. The molecule has 0 aliphatic heterocycles. The largest absolute Gasteiger partial charge is 0.391 e. The quantitative estimate of drug-likeness (QED) is 0.649. The van der Waals surface area contributed by atoms with Gasteiger partial charge in [-0.15, -0.1) is 11.6 Å². The summed E-state index contributed by atoms with van der Waals surface area (Å²) >= 11 is 6.17. The minimum atomic E-state index is -1.27. The van der Waals surface area contributed by atoms with E-state index < -0.39 is 11.0 Å². The van der Waals surface area contributed by atoms with E-state index >= 15 is 0 Å². The van der Waals surface area contributed by atoms with E-state index in [1.165, 1.54) is 0 Å². The highest BCUT2D eigenvalue weighted by Gasteiger charge is 2.40. The van der Waals surface area contributed by atoms with Gasteiger partial charge >= 0.3 is 0 Å². The molecular formula is C13H17ClO2. The molecule has 0 aliphatic carbocycles. The van der Waals surface area contributed by atoms with Crippen LogP contribution < -0.4 is 0 Å². The molecule has 1 rings (SSSR count). The summed E-state index contributed by atoms with van der Waals surface area (Å²) < 4.78 is 0. The van der Waals surface area contributed by atoms with E-state index in [4.69, 9.17) is 11.6 Å². The average molecular weight is 241 g/mol. The Morgan fingerprint density at radius 1 is 1.31 bits per heavy atom. The molecule has 88 valence electrons. The highest BCUT2D eigenvalue weighted by Crippen LogP contribution is 2.28. The number of ketones is 1. The van der Waals surface area contributed by atoms with Gasteiger partial charge in [0, 0.05) is 5.56 Å². The lowest BCUT2D eigenvalue weighted by atomic mass is 9.87. The zero-order valence-electron chi connectivity index (χ0n) is 9.77. The maximum absolute atomic E-state index is 12.1. The molecule has 0 unspecified atom stereocenters. The van der Waals surface area contributed by atoms with Gasteiger partial charge in [-0.05, 0) is 12.8 Å². The van der Waals surface area contributed by atoms with Crippen molar-refractivity contribution in [2.24, 2.45) is 5.92 Å². The van der Waals surface area contributed by atoms with Gasteiger partial charge < -0.3 is 5.11 Å². The SMILES string of the molecule is CC(C)[C@@H](O)[C@](C)(Cl)C(=O)c1ccccc1. The minimum absolute atomic E-state index is 0.0600. The third-order valence-corrected chi connectivity index (χ3v) is 3.06. The van der Waals surface area contributed by atoms with Crippen molar-refractivity contribution in [1.29, 1.82) is 0 Å². The number of hydrogen-bond acceptors (Lipinski definition) is 2. The van der Waals surface area contributed by atoms with Crippen LogP contribution in [0.3, 0.4) is 0 Å². The van der Waals surface area contributed by atoms with Gasteiger partial charge in [0.25, 0.3) is 0 Å². The van der Waals surface area contributed by atoms with Crippen LogP contribution in [0.4, 0.5) is 0 Å². The monoisotopic (exact) mass is 240 g/mol. The number of aliphatic hydroxyl groups excluding tert-OH is 1.